The van der Waals surface area contributed by atoms with Crippen LogP contribution in [0.1, 0.15) is 46.2 Å². The number of rotatable bonds is 6. The van der Waals surface area contributed by atoms with Crippen LogP contribution in [-0.4, -0.2) is 70.1 Å². The second kappa shape index (κ2) is 9.56. The number of hydrogen-bond donors (Lipinski definition) is 0. The van der Waals surface area contributed by atoms with Gasteiger partial charge < -0.3 is 4.90 Å². The standard InChI is InChI=1S/C24H26N6O4S/c1-16-22(17(2)30-24(27-16)20(14-25)15-26-30)7-8-23(32)28-9-11-29(12-10-28)35(33,34)21-6-4-5-19(13-21)18(3)31/h4-6,13,15H,7-12H2,1-3H3. The lowest BCUT2D eigenvalue weighted by Gasteiger charge is -2.34. The molecule has 11 heteroatoms. The monoisotopic (exact) mass is 494 g/mol. The number of ketones is 1. The number of carbonyl (C=O) groups excluding carboxylic acids is 2. The van der Waals surface area contributed by atoms with Crippen molar-refractivity contribution in [3.63, 3.8) is 0 Å². The molecule has 1 aromatic carbocycles. The van der Waals surface area contributed by atoms with E-state index in [9.17, 15) is 23.3 Å². The second-order valence-electron chi connectivity index (χ2n) is 8.54. The number of Topliss-reactive ketones (excluding diaryl/α,β-unsaturated/α-hetero) is 1. The van der Waals surface area contributed by atoms with Crippen LogP contribution in [0.5, 0.6) is 0 Å². The highest BCUT2D eigenvalue weighted by atomic mass is 32.2. The summed E-state index contributed by atoms with van der Waals surface area (Å²) in [7, 11) is -3.75. The number of aryl methyl sites for hydroxylation is 2. The van der Waals surface area contributed by atoms with Gasteiger partial charge >= 0.3 is 0 Å². The Kier molecular flexibility index (Phi) is 6.69. The maximum Gasteiger partial charge on any atom is 0.243 e. The Bertz CT molecular complexity index is 1460. The lowest BCUT2D eigenvalue weighted by atomic mass is 10.1. The first-order valence-corrected chi connectivity index (χ1v) is 12.7. The first-order valence-electron chi connectivity index (χ1n) is 11.3. The van der Waals surface area contributed by atoms with E-state index in [1.807, 2.05) is 13.8 Å². The topological polar surface area (TPSA) is 129 Å². The highest BCUT2D eigenvalue weighted by Gasteiger charge is 2.30. The third-order valence-electron chi connectivity index (χ3n) is 6.39. The zero-order chi connectivity index (χ0) is 25.3. The lowest BCUT2D eigenvalue weighted by molar-refractivity contribution is -0.132. The van der Waals surface area contributed by atoms with Crippen LogP contribution in [0.3, 0.4) is 0 Å². The minimum Gasteiger partial charge on any atom is -0.340 e. The van der Waals surface area contributed by atoms with Crippen molar-refractivity contribution in [2.45, 2.75) is 38.5 Å². The number of sulfonamides is 1. The summed E-state index contributed by atoms with van der Waals surface area (Å²) in [5.74, 6) is -0.256. The smallest absolute Gasteiger partial charge is 0.243 e. The fourth-order valence-electron chi connectivity index (χ4n) is 4.34. The number of piperazine rings is 1. The predicted octanol–water partition coefficient (Wildman–Crippen LogP) is 1.89. The molecular formula is C24H26N6O4S. The van der Waals surface area contributed by atoms with Crippen molar-refractivity contribution in [1.29, 1.82) is 5.26 Å². The number of amides is 1. The van der Waals surface area contributed by atoms with Crippen molar-refractivity contribution in [3.8, 4) is 6.07 Å². The van der Waals surface area contributed by atoms with Crippen LogP contribution in [0.4, 0.5) is 0 Å². The van der Waals surface area contributed by atoms with Gasteiger partial charge in [-0.05, 0) is 44.9 Å². The summed E-state index contributed by atoms with van der Waals surface area (Å²) in [5, 5.41) is 13.4. The number of aromatic nitrogens is 3. The van der Waals surface area contributed by atoms with Crippen molar-refractivity contribution in [1.82, 2.24) is 23.8 Å². The molecule has 0 radical (unpaired) electrons. The molecule has 0 atom stereocenters. The van der Waals surface area contributed by atoms with E-state index in [1.165, 1.54) is 29.6 Å². The van der Waals surface area contributed by atoms with Crippen LogP contribution >= 0.6 is 0 Å². The highest BCUT2D eigenvalue weighted by molar-refractivity contribution is 7.89. The summed E-state index contributed by atoms with van der Waals surface area (Å²) in [6, 6.07) is 8.10. The normalized spacial score (nSPS) is 14.7. The number of hydrogen-bond acceptors (Lipinski definition) is 7. The minimum atomic E-state index is -3.75. The molecule has 10 nitrogen and oxygen atoms in total. The van der Waals surface area contributed by atoms with E-state index < -0.39 is 10.0 Å². The lowest BCUT2D eigenvalue weighted by Crippen LogP contribution is -2.50. The molecule has 4 rings (SSSR count). The fourth-order valence-corrected chi connectivity index (χ4v) is 5.81. The van der Waals surface area contributed by atoms with Gasteiger partial charge in [0.15, 0.2) is 11.4 Å². The molecule has 182 valence electrons. The van der Waals surface area contributed by atoms with Crippen molar-refractivity contribution in [3.05, 3.63) is 58.5 Å². The summed E-state index contributed by atoms with van der Waals surface area (Å²) in [4.78, 5) is 30.8. The van der Waals surface area contributed by atoms with E-state index in [0.717, 1.165) is 17.0 Å². The Balaban J connectivity index is 1.40. The molecule has 2 aromatic heterocycles. The first-order chi connectivity index (χ1) is 16.6. The average molecular weight is 495 g/mol. The molecule has 0 spiro atoms. The second-order valence-corrected chi connectivity index (χ2v) is 10.5. The molecule has 0 saturated carbocycles. The van der Waals surface area contributed by atoms with Crippen LogP contribution < -0.4 is 0 Å². The SMILES string of the molecule is CC(=O)c1cccc(S(=O)(=O)N2CCN(C(=O)CCc3c(C)nc4c(C#N)cnn4c3C)CC2)c1. The number of carbonyl (C=O) groups is 2. The van der Waals surface area contributed by atoms with Crippen LogP contribution in [-0.2, 0) is 21.2 Å². The van der Waals surface area contributed by atoms with Gasteiger partial charge in [-0.3, -0.25) is 9.59 Å². The molecule has 0 unspecified atom stereocenters. The van der Waals surface area contributed by atoms with Crippen molar-refractivity contribution in [2.24, 2.45) is 0 Å². The van der Waals surface area contributed by atoms with Gasteiger partial charge in [0.25, 0.3) is 0 Å². The maximum absolute atomic E-state index is 13.0. The summed E-state index contributed by atoms with van der Waals surface area (Å²) >= 11 is 0. The highest BCUT2D eigenvalue weighted by Crippen LogP contribution is 2.21. The van der Waals surface area contributed by atoms with E-state index >= 15 is 0 Å². The molecule has 3 heterocycles. The van der Waals surface area contributed by atoms with Gasteiger partial charge in [0.1, 0.15) is 11.6 Å². The minimum absolute atomic E-state index is 0.0577. The zero-order valence-electron chi connectivity index (χ0n) is 19.9. The predicted molar refractivity (Wildman–Crippen MR) is 127 cm³/mol. The number of nitrogens with zero attached hydrogens (tertiary/aromatic N) is 6. The Labute approximate surface area is 203 Å². The molecular weight excluding hydrogens is 468 g/mol. The molecule has 3 aromatic rings. The fraction of sp³-hybridized carbons (Fsp3) is 0.375. The Hall–Kier alpha value is -3.62. The van der Waals surface area contributed by atoms with Gasteiger partial charge in [0.2, 0.25) is 15.9 Å². The van der Waals surface area contributed by atoms with Crippen LogP contribution in [0, 0.1) is 25.2 Å². The Morgan fingerprint density at radius 3 is 2.51 bits per heavy atom. The molecule has 35 heavy (non-hydrogen) atoms. The zero-order valence-corrected chi connectivity index (χ0v) is 20.7. The first kappa shape index (κ1) is 24.5. The molecule has 0 N–H and O–H groups in total. The van der Waals surface area contributed by atoms with Crippen LogP contribution in [0.15, 0.2) is 35.4 Å². The average Bonchev–Trinajstić information content (AvgIpc) is 3.26. The molecule has 1 aliphatic rings. The quantitative estimate of drug-likeness (QED) is 0.479. The van der Waals surface area contributed by atoms with Gasteiger partial charge in [-0.2, -0.15) is 14.7 Å². The summed E-state index contributed by atoms with van der Waals surface area (Å²) in [6.45, 7) is 6.11. The van der Waals surface area contributed by atoms with E-state index in [0.29, 0.717) is 36.3 Å². The molecule has 1 aliphatic heterocycles. The van der Waals surface area contributed by atoms with Crippen molar-refractivity contribution >= 4 is 27.4 Å². The maximum atomic E-state index is 13.0. The summed E-state index contributed by atoms with van der Waals surface area (Å²) in [5.41, 5.74) is 3.75. The van der Waals surface area contributed by atoms with Crippen molar-refractivity contribution < 1.29 is 18.0 Å². The van der Waals surface area contributed by atoms with E-state index in [-0.39, 0.29) is 36.1 Å². The van der Waals surface area contributed by atoms with E-state index in [4.69, 9.17) is 0 Å². The number of nitriles is 1. The Morgan fingerprint density at radius 2 is 1.86 bits per heavy atom. The molecule has 0 bridgehead atoms. The Morgan fingerprint density at radius 1 is 1.14 bits per heavy atom. The van der Waals surface area contributed by atoms with Gasteiger partial charge in [-0.25, -0.2) is 17.9 Å². The molecule has 1 fully saturated rings. The third kappa shape index (κ3) is 4.67. The number of benzene rings is 1. The molecule has 1 saturated heterocycles. The van der Waals surface area contributed by atoms with Crippen LogP contribution in [0.2, 0.25) is 0 Å². The van der Waals surface area contributed by atoms with Crippen molar-refractivity contribution in [2.75, 3.05) is 26.2 Å². The number of fused-ring (bicyclic) bond motifs is 1. The molecule has 0 aliphatic carbocycles. The van der Waals surface area contributed by atoms with Gasteiger partial charge in [0.05, 0.1) is 11.1 Å². The largest absolute Gasteiger partial charge is 0.340 e. The summed E-state index contributed by atoms with van der Waals surface area (Å²) in [6.07, 6.45) is 2.21. The van der Waals surface area contributed by atoms with Gasteiger partial charge in [0, 0.05) is 49.6 Å². The molecule has 1 amide bonds. The van der Waals surface area contributed by atoms with E-state index in [2.05, 4.69) is 16.2 Å². The third-order valence-corrected chi connectivity index (χ3v) is 8.28. The summed E-state index contributed by atoms with van der Waals surface area (Å²) < 4.78 is 29.0. The van der Waals surface area contributed by atoms with Crippen LogP contribution in [0.25, 0.3) is 5.65 Å². The van der Waals surface area contributed by atoms with Gasteiger partial charge in [-0.1, -0.05) is 12.1 Å². The van der Waals surface area contributed by atoms with Gasteiger partial charge in [-0.15, -0.1) is 0 Å². The van der Waals surface area contributed by atoms with E-state index in [1.54, 1.807) is 21.5 Å².